The SMILES string of the molecule is CCCNC(c1ccc(F)c(F)c1F)C1CCS(=O)(=O)C1. The van der Waals surface area contributed by atoms with Crippen LogP contribution >= 0.6 is 0 Å². The predicted octanol–water partition coefficient (Wildman–Crippen LogP) is 2.58. The highest BCUT2D eigenvalue weighted by Crippen LogP contribution is 2.33. The third kappa shape index (κ3) is 3.58. The quantitative estimate of drug-likeness (QED) is 0.848. The fourth-order valence-electron chi connectivity index (χ4n) is 2.70. The summed E-state index contributed by atoms with van der Waals surface area (Å²) in [4.78, 5) is 0. The number of hydrogen-bond donors (Lipinski definition) is 1. The number of rotatable bonds is 5. The molecular formula is C14H18F3NO2S. The van der Waals surface area contributed by atoms with Crippen LogP contribution in [0, 0.1) is 23.4 Å². The maximum atomic E-state index is 14.0. The molecule has 1 aromatic carbocycles. The van der Waals surface area contributed by atoms with Gasteiger partial charge >= 0.3 is 0 Å². The van der Waals surface area contributed by atoms with E-state index in [1.54, 1.807) is 0 Å². The van der Waals surface area contributed by atoms with Gasteiger partial charge in [0, 0.05) is 11.6 Å². The van der Waals surface area contributed by atoms with Crippen LogP contribution in [0.5, 0.6) is 0 Å². The molecule has 7 heteroatoms. The third-order valence-corrected chi connectivity index (χ3v) is 5.55. The fraction of sp³-hybridized carbons (Fsp3) is 0.571. The van der Waals surface area contributed by atoms with Gasteiger partial charge in [-0.2, -0.15) is 0 Å². The van der Waals surface area contributed by atoms with Crippen molar-refractivity contribution in [3.8, 4) is 0 Å². The van der Waals surface area contributed by atoms with E-state index in [0.717, 1.165) is 12.5 Å². The van der Waals surface area contributed by atoms with Crippen molar-refractivity contribution in [1.82, 2.24) is 5.32 Å². The molecule has 1 fully saturated rings. The molecule has 2 unspecified atom stereocenters. The third-order valence-electron chi connectivity index (χ3n) is 3.75. The summed E-state index contributed by atoms with van der Waals surface area (Å²) >= 11 is 0. The van der Waals surface area contributed by atoms with E-state index >= 15 is 0 Å². The fourth-order valence-corrected chi connectivity index (χ4v) is 4.54. The average Bonchev–Trinajstić information content (AvgIpc) is 2.79. The number of benzene rings is 1. The molecule has 21 heavy (non-hydrogen) atoms. The van der Waals surface area contributed by atoms with Crippen LogP contribution in [0.1, 0.15) is 31.4 Å². The smallest absolute Gasteiger partial charge is 0.194 e. The summed E-state index contributed by atoms with van der Waals surface area (Å²) < 4.78 is 63.6. The van der Waals surface area contributed by atoms with Crippen molar-refractivity contribution >= 4 is 9.84 Å². The van der Waals surface area contributed by atoms with Gasteiger partial charge in [-0.05, 0) is 31.4 Å². The first-order chi connectivity index (χ1) is 9.85. The zero-order valence-corrected chi connectivity index (χ0v) is 12.5. The second-order valence-electron chi connectivity index (χ2n) is 5.36. The minimum Gasteiger partial charge on any atom is -0.310 e. The average molecular weight is 321 g/mol. The van der Waals surface area contributed by atoms with E-state index in [2.05, 4.69) is 5.32 Å². The molecule has 1 aliphatic heterocycles. The summed E-state index contributed by atoms with van der Waals surface area (Å²) in [5.74, 6) is -4.35. The van der Waals surface area contributed by atoms with Crippen molar-refractivity contribution in [2.45, 2.75) is 25.8 Å². The van der Waals surface area contributed by atoms with Crippen molar-refractivity contribution in [3.63, 3.8) is 0 Å². The Morgan fingerprint density at radius 3 is 2.57 bits per heavy atom. The molecule has 0 radical (unpaired) electrons. The molecule has 1 aliphatic rings. The lowest BCUT2D eigenvalue weighted by atomic mass is 9.91. The van der Waals surface area contributed by atoms with Crippen molar-refractivity contribution in [2.24, 2.45) is 5.92 Å². The van der Waals surface area contributed by atoms with Crippen molar-refractivity contribution in [3.05, 3.63) is 35.1 Å². The van der Waals surface area contributed by atoms with Gasteiger partial charge in [-0.25, -0.2) is 21.6 Å². The maximum absolute atomic E-state index is 14.0. The molecule has 2 atom stereocenters. The Morgan fingerprint density at radius 2 is 2.00 bits per heavy atom. The molecule has 0 saturated carbocycles. The topological polar surface area (TPSA) is 46.2 Å². The molecule has 0 amide bonds. The van der Waals surface area contributed by atoms with E-state index in [4.69, 9.17) is 0 Å². The minimum atomic E-state index is -3.13. The van der Waals surface area contributed by atoms with Gasteiger partial charge < -0.3 is 5.32 Å². The van der Waals surface area contributed by atoms with E-state index in [1.165, 1.54) is 6.07 Å². The van der Waals surface area contributed by atoms with Crippen LogP contribution in [0.25, 0.3) is 0 Å². The summed E-state index contributed by atoms with van der Waals surface area (Å²) in [6.07, 6.45) is 1.16. The molecular weight excluding hydrogens is 303 g/mol. The maximum Gasteiger partial charge on any atom is 0.194 e. The van der Waals surface area contributed by atoms with Gasteiger partial charge in [0.2, 0.25) is 0 Å². The van der Waals surface area contributed by atoms with E-state index in [1.807, 2.05) is 6.92 Å². The van der Waals surface area contributed by atoms with E-state index < -0.39 is 33.3 Å². The second kappa shape index (κ2) is 6.36. The summed E-state index contributed by atoms with van der Waals surface area (Å²) in [5, 5.41) is 3.06. The lowest BCUT2D eigenvalue weighted by Crippen LogP contribution is -2.31. The lowest BCUT2D eigenvalue weighted by molar-refractivity contribution is 0.365. The van der Waals surface area contributed by atoms with Crippen LogP contribution in [0.15, 0.2) is 12.1 Å². The highest BCUT2D eigenvalue weighted by atomic mass is 32.2. The Kier molecular flexibility index (Phi) is 4.93. The molecule has 1 saturated heterocycles. The number of nitrogens with one attached hydrogen (secondary N) is 1. The van der Waals surface area contributed by atoms with Gasteiger partial charge in [0.1, 0.15) is 0 Å². The van der Waals surface area contributed by atoms with Crippen LogP contribution in [0.2, 0.25) is 0 Å². The zero-order valence-electron chi connectivity index (χ0n) is 11.7. The lowest BCUT2D eigenvalue weighted by Gasteiger charge is -2.25. The van der Waals surface area contributed by atoms with Gasteiger partial charge in [0.05, 0.1) is 11.5 Å². The molecule has 1 aromatic rings. The van der Waals surface area contributed by atoms with Gasteiger partial charge in [-0.15, -0.1) is 0 Å². The van der Waals surface area contributed by atoms with Crippen LogP contribution in [0.3, 0.4) is 0 Å². The predicted molar refractivity (Wildman–Crippen MR) is 74.1 cm³/mol. The summed E-state index contributed by atoms with van der Waals surface area (Å²) in [6, 6.07) is 1.43. The Bertz CT molecular complexity index is 619. The normalized spacial score (nSPS) is 22.4. The molecule has 1 heterocycles. The van der Waals surface area contributed by atoms with Gasteiger partial charge in [0.15, 0.2) is 27.3 Å². The highest BCUT2D eigenvalue weighted by Gasteiger charge is 2.36. The van der Waals surface area contributed by atoms with Gasteiger partial charge in [0.25, 0.3) is 0 Å². The summed E-state index contributed by atoms with van der Waals surface area (Å²) in [5.41, 5.74) is -0.00977. The molecule has 1 N–H and O–H groups in total. The van der Waals surface area contributed by atoms with E-state index in [0.29, 0.717) is 13.0 Å². The van der Waals surface area contributed by atoms with Gasteiger partial charge in [-0.1, -0.05) is 13.0 Å². The highest BCUT2D eigenvalue weighted by molar-refractivity contribution is 7.91. The van der Waals surface area contributed by atoms with Crippen molar-refractivity contribution < 1.29 is 21.6 Å². The Labute approximate surface area is 122 Å². The first-order valence-electron chi connectivity index (χ1n) is 6.93. The van der Waals surface area contributed by atoms with Crippen LogP contribution < -0.4 is 5.32 Å². The molecule has 118 valence electrons. The summed E-state index contributed by atoms with van der Waals surface area (Å²) in [6.45, 7) is 2.46. The standard InChI is InChI=1S/C14H18F3NO2S/c1-2-6-18-14(9-5-7-21(19,20)8-9)10-3-4-11(15)13(17)12(10)16/h3-4,9,14,18H,2,5-8H2,1H3. The van der Waals surface area contributed by atoms with Crippen LogP contribution in [0.4, 0.5) is 13.2 Å². The molecule has 0 aromatic heterocycles. The second-order valence-corrected chi connectivity index (χ2v) is 7.59. The first-order valence-corrected chi connectivity index (χ1v) is 8.75. The Morgan fingerprint density at radius 1 is 1.29 bits per heavy atom. The van der Waals surface area contributed by atoms with Crippen LogP contribution in [-0.2, 0) is 9.84 Å². The van der Waals surface area contributed by atoms with Crippen LogP contribution in [-0.4, -0.2) is 26.5 Å². The Balaban J connectivity index is 2.35. The monoisotopic (exact) mass is 321 g/mol. The number of halogens is 3. The molecule has 0 spiro atoms. The van der Waals surface area contributed by atoms with Gasteiger partial charge in [-0.3, -0.25) is 0 Å². The van der Waals surface area contributed by atoms with E-state index in [-0.39, 0.29) is 23.0 Å². The zero-order chi connectivity index (χ0) is 15.6. The first kappa shape index (κ1) is 16.3. The molecule has 3 nitrogen and oxygen atoms in total. The molecule has 2 rings (SSSR count). The molecule has 0 bridgehead atoms. The van der Waals surface area contributed by atoms with Crippen molar-refractivity contribution in [1.29, 1.82) is 0 Å². The largest absolute Gasteiger partial charge is 0.310 e. The minimum absolute atomic E-state index is 0.00977. The Hall–Kier alpha value is -1.08. The van der Waals surface area contributed by atoms with Crippen molar-refractivity contribution in [2.75, 3.05) is 18.1 Å². The number of sulfone groups is 1. The number of hydrogen-bond acceptors (Lipinski definition) is 3. The molecule has 0 aliphatic carbocycles. The summed E-state index contributed by atoms with van der Waals surface area (Å²) in [7, 11) is -3.13. The van der Waals surface area contributed by atoms with E-state index in [9.17, 15) is 21.6 Å².